The van der Waals surface area contributed by atoms with Crippen molar-refractivity contribution in [1.29, 1.82) is 0 Å². The fourth-order valence-corrected chi connectivity index (χ4v) is 5.70. The highest BCUT2D eigenvalue weighted by Crippen LogP contribution is 2.27. The van der Waals surface area contributed by atoms with Gasteiger partial charge in [0.1, 0.15) is 18.1 Å². The van der Waals surface area contributed by atoms with Crippen molar-refractivity contribution in [2.45, 2.75) is 137 Å². The molecule has 0 radical (unpaired) electrons. The summed E-state index contributed by atoms with van der Waals surface area (Å²) in [7, 11) is 1.78. The molecule has 1 saturated carbocycles. The van der Waals surface area contributed by atoms with E-state index in [0.717, 1.165) is 24.8 Å². The number of rotatable bonds is 20. The topological polar surface area (TPSA) is 163 Å². The van der Waals surface area contributed by atoms with E-state index in [1.54, 1.807) is 11.9 Å². The van der Waals surface area contributed by atoms with Crippen LogP contribution < -0.4 is 27.0 Å². The van der Waals surface area contributed by atoms with Crippen LogP contribution in [0, 0.1) is 23.7 Å². The molecule has 6 N–H and O–H groups in total. The molecule has 6 atom stereocenters. The standard InChI is InChI=1S/C37H62N6O5/c1-10-25(8)34(37(48)43(9)27-16-17-27)41-32(45)21-28(38)29(20-26-14-12-11-13-15-26)40-36(47)33(24(6)7)42-35(46)30(18-22(2)3)39-31(44)19-23(4)5/h11-15,22-25,27-30,33-34H,10,16-21,38H2,1-9H3,(H,39,44)(H,40,47)(H,41,45)(H,42,46)/t25-,28-,29-,30-,33-,34-/m0/s1. The third-order valence-electron chi connectivity index (χ3n) is 9.00. The highest BCUT2D eigenvalue weighted by atomic mass is 16.2. The normalized spacial score (nSPS) is 16.8. The molecule has 270 valence electrons. The van der Waals surface area contributed by atoms with Gasteiger partial charge in [-0.1, -0.05) is 92.1 Å². The molecule has 0 aliphatic heterocycles. The van der Waals surface area contributed by atoms with Gasteiger partial charge in [-0.05, 0) is 54.9 Å². The van der Waals surface area contributed by atoms with Crippen molar-refractivity contribution in [3.63, 3.8) is 0 Å². The number of likely N-dealkylation sites (N-methyl/N-ethyl adjacent to an activating group) is 1. The Bertz CT molecular complexity index is 1200. The molecular weight excluding hydrogens is 608 g/mol. The van der Waals surface area contributed by atoms with Crippen LogP contribution in [0.3, 0.4) is 0 Å². The molecular formula is C37H62N6O5. The summed E-state index contributed by atoms with van der Waals surface area (Å²) < 4.78 is 0. The molecule has 5 amide bonds. The van der Waals surface area contributed by atoms with Crippen molar-refractivity contribution in [2.75, 3.05) is 7.05 Å². The SMILES string of the molecule is CC[C@H](C)[C@H](NC(=O)C[C@H](N)[C@H](Cc1ccccc1)NC(=O)[C@@H](NC(=O)[C@H](CC(C)C)NC(=O)CC(C)C)C(C)C)C(=O)N(C)C1CC1. The number of benzene rings is 1. The van der Waals surface area contributed by atoms with Crippen LogP contribution in [-0.4, -0.2) is 77.7 Å². The van der Waals surface area contributed by atoms with E-state index in [-0.39, 0.29) is 53.9 Å². The van der Waals surface area contributed by atoms with E-state index < -0.39 is 42.0 Å². The molecule has 0 bridgehead atoms. The molecule has 48 heavy (non-hydrogen) atoms. The maximum absolute atomic E-state index is 13.8. The second-order valence-corrected chi connectivity index (χ2v) is 14.9. The van der Waals surface area contributed by atoms with Gasteiger partial charge in [-0.2, -0.15) is 0 Å². The van der Waals surface area contributed by atoms with Gasteiger partial charge >= 0.3 is 0 Å². The quantitative estimate of drug-likeness (QED) is 0.143. The summed E-state index contributed by atoms with van der Waals surface area (Å²) in [5.74, 6) is -1.59. The Hall–Kier alpha value is -3.47. The number of hydrogen-bond donors (Lipinski definition) is 5. The van der Waals surface area contributed by atoms with Crippen molar-refractivity contribution in [1.82, 2.24) is 26.2 Å². The zero-order valence-corrected chi connectivity index (χ0v) is 30.7. The second kappa shape index (κ2) is 19.5. The largest absolute Gasteiger partial charge is 0.350 e. The number of carbonyl (C=O) groups excluding carboxylic acids is 5. The lowest BCUT2D eigenvalue weighted by molar-refractivity contribution is -0.137. The van der Waals surface area contributed by atoms with Gasteiger partial charge < -0.3 is 31.9 Å². The zero-order chi connectivity index (χ0) is 36.1. The predicted octanol–water partition coefficient (Wildman–Crippen LogP) is 3.30. The van der Waals surface area contributed by atoms with Crippen LogP contribution in [0.1, 0.15) is 99.5 Å². The Balaban J connectivity index is 2.22. The lowest BCUT2D eigenvalue weighted by atomic mass is 9.94. The average Bonchev–Trinajstić information content (AvgIpc) is 3.86. The van der Waals surface area contributed by atoms with E-state index in [2.05, 4.69) is 21.3 Å². The maximum Gasteiger partial charge on any atom is 0.245 e. The zero-order valence-electron chi connectivity index (χ0n) is 30.7. The van der Waals surface area contributed by atoms with Crippen molar-refractivity contribution >= 4 is 29.5 Å². The van der Waals surface area contributed by atoms with Gasteiger partial charge in [0.15, 0.2) is 0 Å². The summed E-state index contributed by atoms with van der Waals surface area (Å²) in [5, 5.41) is 11.7. The van der Waals surface area contributed by atoms with Crippen LogP contribution in [0.4, 0.5) is 0 Å². The van der Waals surface area contributed by atoms with Crippen LogP contribution in [0.15, 0.2) is 30.3 Å². The summed E-state index contributed by atoms with van der Waals surface area (Å²) in [6.45, 7) is 15.4. The van der Waals surface area contributed by atoms with E-state index in [9.17, 15) is 24.0 Å². The minimum Gasteiger partial charge on any atom is -0.350 e. The predicted molar refractivity (Wildman–Crippen MR) is 189 cm³/mol. The maximum atomic E-state index is 13.8. The van der Waals surface area contributed by atoms with Crippen LogP contribution in [0.25, 0.3) is 0 Å². The van der Waals surface area contributed by atoms with Crippen LogP contribution in [-0.2, 0) is 30.4 Å². The first-order valence-corrected chi connectivity index (χ1v) is 17.8. The van der Waals surface area contributed by atoms with Gasteiger partial charge in [-0.3, -0.25) is 24.0 Å². The van der Waals surface area contributed by atoms with Crippen LogP contribution in [0.5, 0.6) is 0 Å². The molecule has 0 spiro atoms. The van der Waals surface area contributed by atoms with Crippen LogP contribution >= 0.6 is 0 Å². The number of hydrogen-bond acceptors (Lipinski definition) is 6. The highest BCUT2D eigenvalue weighted by Gasteiger charge is 2.37. The fraction of sp³-hybridized carbons (Fsp3) is 0.703. The summed E-state index contributed by atoms with van der Waals surface area (Å²) in [5.41, 5.74) is 7.59. The molecule has 11 heteroatoms. The summed E-state index contributed by atoms with van der Waals surface area (Å²) >= 11 is 0. The number of nitrogens with one attached hydrogen (secondary N) is 4. The molecule has 11 nitrogen and oxygen atoms in total. The summed E-state index contributed by atoms with van der Waals surface area (Å²) in [6.07, 6.45) is 3.63. The molecule has 0 heterocycles. The first-order chi connectivity index (χ1) is 22.5. The van der Waals surface area contributed by atoms with Crippen molar-refractivity contribution in [2.24, 2.45) is 29.4 Å². The van der Waals surface area contributed by atoms with E-state index in [1.807, 2.05) is 85.7 Å². The van der Waals surface area contributed by atoms with Gasteiger partial charge in [0.2, 0.25) is 29.5 Å². The minimum absolute atomic E-state index is 0.0659. The lowest BCUT2D eigenvalue weighted by Crippen LogP contribution is -2.59. The van der Waals surface area contributed by atoms with E-state index in [1.165, 1.54) is 0 Å². The first kappa shape index (κ1) is 40.7. The van der Waals surface area contributed by atoms with Gasteiger partial charge in [0.25, 0.3) is 0 Å². The number of nitrogens with zero attached hydrogens (tertiary/aromatic N) is 1. The fourth-order valence-electron chi connectivity index (χ4n) is 5.70. The molecule has 1 fully saturated rings. The van der Waals surface area contributed by atoms with Crippen LogP contribution in [0.2, 0.25) is 0 Å². The molecule has 0 aromatic heterocycles. The third-order valence-corrected chi connectivity index (χ3v) is 9.00. The number of nitrogens with two attached hydrogens (primary N) is 1. The van der Waals surface area contributed by atoms with E-state index in [0.29, 0.717) is 19.3 Å². The molecule has 0 unspecified atom stereocenters. The Morgan fingerprint density at radius 1 is 0.792 bits per heavy atom. The molecule has 1 aromatic carbocycles. The third kappa shape index (κ3) is 13.6. The van der Waals surface area contributed by atoms with Gasteiger partial charge in [0, 0.05) is 38.0 Å². The van der Waals surface area contributed by atoms with Gasteiger partial charge in [-0.15, -0.1) is 0 Å². The summed E-state index contributed by atoms with van der Waals surface area (Å²) in [6, 6.07) is 5.98. The second-order valence-electron chi connectivity index (χ2n) is 14.9. The smallest absolute Gasteiger partial charge is 0.245 e. The molecule has 1 aliphatic rings. The first-order valence-electron chi connectivity index (χ1n) is 17.8. The molecule has 0 saturated heterocycles. The number of carbonyl (C=O) groups is 5. The van der Waals surface area contributed by atoms with Crippen molar-refractivity contribution in [3.05, 3.63) is 35.9 Å². The molecule has 1 aliphatic carbocycles. The van der Waals surface area contributed by atoms with Gasteiger partial charge in [-0.25, -0.2) is 0 Å². The number of amides is 5. The van der Waals surface area contributed by atoms with Gasteiger partial charge in [0.05, 0.1) is 0 Å². The molecule has 2 rings (SSSR count). The Morgan fingerprint density at radius 3 is 1.92 bits per heavy atom. The minimum atomic E-state index is -0.904. The van der Waals surface area contributed by atoms with Crippen molar-refractivity contribution in [3.8, 4) is 0 Å². The van der Waals surface area contributed by atoms with E-state index in [4.69, 9.17) is 5.73 Å². The van der Waals surface area contributed by atoms with E-state index >= 15 is 0 Å². The van der Waals surface area contributed by atoms with Crippen molar-refractivity contribution < 1.29 is 24.0 Å². The Kier molecular flexibility index (Phi) is 16.5. The Morgan fingerprint density at radius 2 is 1.40 bits per heavy atom. The monoisotopic (exact) mass is 670 g/mol. The summed E-state index contributed by atoms with van der Waals surface area (Å²) in [4.78, 5) is 68.3. The molecule has 1 aromatic rings. The average molecular weight is 671 g/mol. The lowest BCUT2D eigenvalue weighted by Gasteiger charge is -2.31. The highest BCUT2D eigenvalue weighted by molar-refractivity contribution is 5.92. The Labute approximate surface area is 288 Å².